The van der Waals surface area contributed by atoms with Crippen LogP contribution in [0.4, 0.5) is 23.2 Å². The average Bonchev–Trinajstić information content (AvgIpc) is 3.22. The maximum absolute atomic E-state index is 13.9. The summed E-state index contributed by atoms with van der Waals surface area (Å²) in [5, 5.41) is 3.61. The van der Waals surface area contributed by atoms with Gasteiger partial charge in [-0.15, -0.1) is 0 Å². The number of thiophene rings is 1. The molecule has 5 nitrogen and oxygen atoms in total. The lowest BCUT2D eigenvalue weighted by Crippen LogP contribution is -2.14. The molecule has 2 N–H and O–H groups in total. The zero-order valence-corrected chi connectivity index (χ0v) is 14.3. The second kappa shape index (κ2) is 7.00. The van der Waals surface area contributed by atoms with E-state index in [1.54, 1.807) is 11.4 Å². The van der Waals surface area contributed by atoms with Crippen LogP contribution in [0.25, 0.3) is 11.3 Å². The summed E-state index contributed by atoms with van der Waals surface area (Å²) in [4.78, 5) is 2.57. The van der Waals surface area contributed by atoms with E-state index < -0.39 is 39.7 Å². The van der Waals surface area contributed by atoms with E-state index in [0.29, 0.717) is 17.8 Å². The molecule has 2 heterocycles. The molecule has 0 aliphatic rings. The van der Waals surface area contributed by atoms with Crippen molar-refractivity contribution < 1.29 is 30.7 Å². The maximum Gasteiger partial charge on any atom is 0.387 e. The zero-order valence-electron chi connectivity index (χ0n) is 12.7. The molecule has 1 aromatic carbocycles. The predicted octanol–water partition coefficient (Wildman–Crippen LogP) is 4.42. The molecule has 11 heteroatoms. The topological polar surface area (TPSA) is 71.2 Å². The van der Waals surface area contributed by atoms with Gasteiger partial charge < -0.3 is 9.72 Å². The largest absolute Gasteiger partial charge is 0.432 e. The van der Waals surface area contributed by atoms with Crippen LogP contribution >= 0.6 is 11.3 Å². The van der Waals surface area contributed by atoms with Crippen LogP contribution in [0.5, 0.6) is 5.75 Å². The molecule has 2 aromatic heterocycles. The number of H-pyrrole nitrogens is 1. The second-order valence-corrected chi connectivity index (χ2v) is 7.47. The Morgan fingerprint density at radius 2 is 1.92 bits per heavy atom. The Bertz CT molecular complexity index is 1020. The molecule has 0 amide bonds. The van der Waals surface area contributed by atoms with Crippen LogP contribution < -0.4 is 9.46 Å². The Hall–Kier alpha value is -2.53. The summed E-state index contributed by atoms with van der Waals surface area (Å²) in [6.07, 6.45) is 1.19. The molecular formula is C15H10F4N2O3S2. The Morgan fingerprint density at radius 3 is 2.58 bits per heavy atom. The van der Waals surface area contributed by atoms with E-state index in [1.165, 1.54) is 23.6 Å². The highest BCUT2D eigenvalue weighted by atomic mass is 32.2. The number of anilines is 1. The fourth-order valence-electron chi connectivity index (χ4n) is 2.11. The van der Waals surface area contributed by atoms with Gasteiger partial charge in [0.25, 0.3) is 10.0 Å². The number of hydrogen-bond acceptors (Lipinski definition) is 4. The summed E-state index contributed by atoms with van der Waals surface area (Å²) in [6, 6.07) is 3.87. The van der Waals surface area contributed by atoms with Gasteiger partial charge in [0.1, 0.15) is 4.90 Å². The number of halogens is 4. The van der Waals surface area contributed by atoms with Crippen molar-refractivity contribution in [3.8, 4) is 17.0 Å². The van der Waals surface area contributed by atoms with Gasteiger partial charge in [-0.3, -0.25) is 4.72 Å². The number of nitrogens with one attached hydrogen (secondary N) is 2. The van der Waals surface area contributed by atoms with Crippen molar-refractivity contribution in [2.24, 2.45) is 0 Å². The molecule has 0 fully saturated rings. The van der Waals surface area contributed by atoms with Crippen LogP contribution in [0, 0.1) is 11.6 Å². The van der Waals surface area contributed by atoms with Gasteiger partial charge in [0.05, 0.1) is 5.69 Å². The van der Waals surface area contributed by atoms with Crippen molar-refractivity contribution in [2.45, 2.75) is 11.5 Å². The van der Waals surface area contributed by atoms with Crippen molar-refractivity contribution >= 4 is 27.0 Å². The van der Waals surface area contributed by atoms with Crippen LogP contribution in [-0.4, -0.2) is 20.0 Å². The molecule has 0 saturated carbocycles. The summed E-state index contributed by atoms with van der Waals surface area (Å²) in [5.41, 5.74) is 0.559. The van der Waals surface area contributed by atoms with Gasteiger partial charge in [-0.05, 0) is 17.5 Å². The lowest BCUT2D eigenvalue weighted by atomic mass is 10.2. The predicted molar refractivity (Wildman–Crippen MR) is 87.9 cm³/mol. The van der Waals surface area contributed by atoms with Crippen LogP contribution in [0.1, 0.15) is 0 Å². The lowest BCUT2D eigenvalue weighted by molar-refractivity contribution is -0.0523. The first-order chi connectivity index (χ1) is 12.3. The number of ether oxygens (including phenoxy) is 1. The third-order valence-corrected chi connectivity index (χ3v) is 5.31. The van der Waals surface area contributed by atoms with Crippen molar-refractivity contribution in [1.82, 2.24) is 4.98 Å². The average molecular weight is 406 g/mol. The molecule has 3 rings (SSSR count). The molecule has 0 aliphatic carbocycles. The van der Waals surface area contributed by atoms with E-state index in [0.717, 1.165) is 5.56 Å². The van der Waals surface area contributed by atoms with Crippen molar-refractivity contribution in [1.29, 1.82) is 0 Å². The number of hydrogen-bond donors (Lipinski definition) is 2. The molecule has 0 unspecified atom stereocenters. The van der Waals surface area contributed by atoms with Crippen LogP contribution in [0.15, 0.2) is 46.1 Å². The van der Waals surface area contributed by atoms with E-state index in [-0.39, 0.29) is 4.90 Å². The van der Waals surface area contributed by atoms with Gasteiger partial charge >= 0.3 is 6.61 Å². The Labute approximate surface area is 149 Å². The molecule has 0 radical (unpaired) electrons. The first-order valence-corrected chi connectivity index (χ1v) is 9.36. The number of benzene rings is 1. The number of rotatable bonds is 6. The van der Waals surface area contributed by atoms with E-state index >= 15 is 0 Å². The number of sulfonamides is 1. The molecule has 138 valence electrons. The fourth-order valence-corrected chi connectivity index (χ4v) is 3.82. The van der Waals surface area contributed by atoms with Crippen molar-refractivity contribution in [3.05, 3.63) is 52.9 Å². The lowest BCUT2D eigenvalue weighted by Gasteiger charge is -2.11. The monoisotopic (exact) mass is 406 g/mol. The minimum atomic E-state index is -4.23. The normalized spacial score (nSPS) is 11.7. The highest BCUT2D eigenvalue weighted by molar-refractivity contribution is 7.92. The summed E-state index contributed by atoms with van der Waals surface area (Å²) in [7, 11) is -4.23. The van der Waals surface area contributed by atoms with Crippen LogP contribution in [0.2, 0.25) is 0 Å². The van der Waals surface area contributed by atoms with Gasteiger partial charge in [0, 0.05) is 35.0 Å². The quantitative estimate of drug-likeness (QED) is 0.595. The molecule has 26 heavy (non-hydrogen) atoms. The SMILES string of the molecule is O=S(=O)(Nc1cc(F)c(OC(F)F)cc1F)c1c[nH]c(-c2ccsc2)c1. The van der Waals surface area contributed by atoms with E-state index in [1.807, 2.05) is 10.1 Å². The van der Waals surface area contributed by atoms with Gasteiger partial charge in [0.2, 0.25) is 0 Å². The molecule has 3 aromatic rings. The Morgan fingerprint density at radius 1 is 1.15 bits per heavy atom. The minimum Gasteiger partial charge on any atom is -0.432 e. The fraction of sp³-hybridized carbons (Fsp3) is 0.0667. The standard InChI is InChI=1S/C15H10F4N2O3S2/c16-10-5-14(24-15(18)19)11(17)4-13(10)21-26(22,23)9-3-12(20-6-9)8-1-2-25-7-8/h1-7,15,20-21H. The molecule has 0 saturated heterocycles. The minimum absolute atomic E-state index is 0.202. The van der Waals surface area contributed by atoms with Gasteiger partial charge in [-0.2, -0.15) is 20.1 Å². The van der Waals surface area contributed by atoms with Gasteiger partial charge in [-0.25, -0.2) is 17.2 Å². The summed E-state index contributed by atoms with van der Waals surface area (Å²) < 4.78 is 82.2. The molecular weight excluding hydrogens is 396 g/mol. The number of alkyl halides is 2. The summed E-state index contributed by atoms with van der Waals surface area (Å²) in [6.45, 7) is -3.35. The molecule has 0 atom stereocenters. The van der Waals surface area contributed by atoms with E-state index in [9.17, 15) is 26.0 Å². The highest BCUT2D eigenvalue weighted by Gasteiger charge is 2.21. The van der Waals surface area contributed by atoms with Gasteiger partial charge in [0.15, 0.2) is 17.4 Å². The number of aromatic nitrogens is 1. The third-order valence-electron chi connectivity index (χ3n) is 3.28. The summed E-state index contributed by atoms with van der Waals surface area (Å²) in [5.74, 6) is -3.63. The van der Waals surface area contributed by atoms with Crippen LogP contribution in [-0.2, 0) is 10.0 Å². The Kier molecular flexibility index (Phi) is 4.92. The Balaban J connectivity index is 1.87. The molecule has 0 spiro atoms. The van der Waals surface area contributed by atoms with E-state index in [4.69, 9.17) is 0 Å². The number of aromatic amines is 1. The maximum atomic E-state index is 13.9. The first-order valence-electron chi connectivity index (χ1n) is 6.94. The van der Waals surface area contributed by atoms with Crippen molar-refractivity contribution in [2.75, 3.05) is 4.72 Å². The second-order valence-electron chi connectivity index (χ2n) is 5.01. The smallest absolute Gasteiger partial charge is 0.387 e. The molecule has 0 bridgehead atoms. The van der Waals surface area contributed by atoms with Crippen LogP contribution in [0.3, 0.4) is 0 Å². The van der Waals surface area contributed by atoms with Crippen molar-refractivity contribution in [3.63, 3.8) is 0 Å². The summed E-state index contributed by atoms with van der Waals surface area (Å²) >= 11 is 1.42. The van der Waals surface area contributed by atoms with Gasteiger partial charge in [-0.1, -0.05) is 0 Å². The third kappa shape index (κ3) is 3.83. The first kappa shape index (κ1) is 18.3. The molecule has 0 aliphatic heterocycles. The highest BCUT2D eigenvalue weighted by Crippen LogP contribution is 2.29. The van der Waals surface area contributed by atoms with E-state index in [2.05, 4.69) is 9.72 Å². The zero-order chi connectivity index (χ0) is 18.9.